The molecule has 8 heteroatoms. The first-order valence-electron chi connectivity index (χ1n) is 9.87. The van der Waals surface area contributed by atoms with Crippen molar-refractivity contribution in [3.63, 3.8) is 0 Å². The van der Waals surface area contributed by atoms with Crippen LogP contribution in [0, 0.1) is 0 Å². The lowest BCUT2D eigenvalue weighted by molar-refractivity contribution is 0.230. The number of hydrogen-bond acceptors (Lipinski definition) is 6. The van der Waals surface area contributed by atoms with Crippen LogP contribution in [0.5, 0.6) is 5.75 Å². The third kappa shape index (κ3) is 5.09. The van der Waals surface area contributed by atoms with E-state index in [0.717, 1.165) is 50.1 Å². The number of urea groups is 1. The lowest BCUT2D eigenvalue weighted by atomic mass is 10.3. The van der Waals surface area contributed by atoms with Crippen LogP contribution in [0.15, 0.2) is 65.4 Å². The van der Waals surface area contributed by atoms with E-state index in [1.807, 2.05) is 24.3 Å². The zero-order valence-electron chi connectivity index (χ0n) is 16.9. The van der Waals surface area contributed by atoms with Crippen LogP contribution >= 0.6 is 0 Å². The highest BCUT2D eigenvalue weighted by molar-refractivity contribution is 5.99. The van der Waals surface area contributed by atoms with Crippen LogP contribution in [-0.4, -0.2) is 49.2 Å². The fourth-order valence-corrected chi connectivity index (χ4v) is 3.37. The molecule has 1 aliphatic rings. The van der Waals surface area contributed by atoms with Gasteiger partial charge in [-0.1, -0.05) is 0 Å². The smallest absolute Gasteiger partial charge is 0.323 e. The van der Waals surface area contributed by atoms with Crippen molar-refractivity contribution in [2.45, 2.75) is 6.54 Å². The minimum absolute atomic E-state index is 0.318. The van der Waals surface area contributed by atoms with E-state index in [9.17, 15) is 4.79 Å². The molecule has 3 heterocycles. The Kier molecular flexibility index (Phi) is 6.14. The van der Waals surface area contributed by atoms with E-state index in [1.165, 1.54) is 0 Å². The number of anilines is 3. The monoisotopic (exact) mass is 407 g/mol. The third-order valence-corrected chi connectivity index (χ3v) is 5.01. The second-order valence-corrected chi connectivity index (χ2v) is 7.06. The molecule has 4 rings (SSSR count). The fourth-order valence-electron chi connectivity index (χ4n) is 3.37. The first-order valence-corrected chi connectivity index (χ1v) is 9.87. The zero-order valence-corrected chi connectivity index (χ0v) is 16.9. The van der Waals surface area contributed by atoms with Crippen LogP contribution in [0.3, 0.4) is 0 Å². The number of aromatic nitrogens is 1. The Hall–Kier alpha value is -3.52. The SMILES string of the molecule is COc1ccc(NC(=O)Nc2ccc(N3CCN(Cc4ccco4)CC3)nc2)cc1. The van der Waals surface area contributed by atoms with Gasteiger partial charge in [-0.25, -0.2) is 9.78 Å². The van der Waals surface area contributed by atoms with Gasteiger partial charge >= 0.3 is 6.03 Å². The van der Waals surface area contributed by atoms with Gasteiger partial charge in [0.1, 0.15) is 17.3 Å². The number of hydrogen-bond donors (Lipinski definition) is 2. The summed E-state index contributed by atoms with van der Waals surface area (Å²) in [4.78, 5) is 21.3. The molecule has 0 atom stereocenters. The Labute approximate surface area is 175 Å². The number of nitrogens with zero attached hydrogens (tertiary/aromatic N) is 3. The van der Waals surface area contributed by atoms with Gasteiger partial charge in [-0.2, -0.15) is 0 Å². The van der Waals surface area contributed by atoms with Crippen molar-refractivity contribution < 1.29 is 13.9 Å². The molecule has 0 radical (unpaired) electrons. The van der Waals surface area contributed by atoms with E-state index in [0.29, 0.717) is 11.4 Å². The lowest BCUT2D eigenvalue weighted by Crippen LogP contribution is -2.46. The molecule has 8 nitrogen and oxygen atoms in total. The van der Waals surface area contributed by atoms with Gasteiger partial charge in [-0.3, -0.25) is 4.90 Å². The van der Waals surface area contributed by atoms with Crippen molar-refractivity contribution >= 4 is 23.2 Å². The van der Waals surface area contributed by atoms with Crippen LogP contribution in [-0.2, 0) is 6.54 Å². The molecule has 1 fully saturated rings. The van der Waals surface area contributed by atoms with Gasteiger partial charge in [0.2, 0.25) is 0 Å². The van der Waals surface area contributed by atoms with E-state index < -0.39 is 0 Å². The number of carbonyl (C=O) groups is 1. The van der Waals surface area contributed by atoms with Crippen LogP contribution in [0.4, 0.5) is 22.0 Å². The molecule has 0 aliphatic carbocycles. The molecule has 2 amide bonds. The summed E-state index contributed by atoms with van der Waals surface area (Å²) in [7, 11) is 1.60. The summed E-state index contributed by atoms with van der Waals surface area (Å²) in [6, 6.07) is 14.6. The van der Waals surface area contributed by atoms with Gasteiger partial charge in [-0.05, 0) is 48.5 Å². The molecular formula is C22H25N5O3. The molecule has 0 bridgehead atoms. The number of methoxy groups -OCH3 is 1. The second-order valence-electron chi connectivity index (χ2n) is 7.06. The molecule has 2 aromatic heterocycles. The Morgan fingerprint density at radius 1 is 1.03 bits per heavy atom. The molecule has 0 saturated carbocycles. The second kappa shape index (κ2) is 9.32. The summed E-state index contributed by atoms with van der Waals surface area (Å²) >= 11 is 0. The number of nitrogens with one attached hydrogen (secondary N) is 2. The van der Waals surface area contributed by atoms with E-state index in [4.69, 9.17) is 9.15 Å². The number of amides is 2. The molecule has 0 spiro atoms. The lowest BCUT2D eigenvalue weighted by Gasteiger charge is -2.35. The third-order valence-electron chi connectivity index (χ3n) is 5.01. The molecule has 2 N–H and O–H groups in total. The zero-order chi connectivity index (χ0) is 20.8. The van der Waals surface area contributed by atoms with Crippen molar-refractivity contribution in [3.8, 4) is 5.75 Å². The van der Waals surface area contributed by atoms with E-state index in [2.05, 4.69) is 25.4 Å². The van der Waals surface area contributed by atoms with Crippen molar-refractivity contribution in [2.75, 3.05) is 48.8 Å². The average Bonchev–Trinajstić information content (AvgIpc) is 3.28. The quantitative estimate of drug-likeness (QED) is 0.649. The standard InChI is InChI=1S/C22H25N5O3/c1-29-19-7-4-17(5-8-19)24-22(28)25-18-6-9-21(23-15-18)27-12-10-26(11-13-27)16-20-3-2-14-30-20/h2-9,14-15H,10-13,16H2,1H3,(H2,24,25,28). The normalized spacial score (nSPS) is 14.4. The van der Waals surface area contributed by atoms with Gasteiger partial charge < -0.3 is 24.7 Å². The minimum atomic E-state index is -0.318. The number of piperazine rings is 1. The van der Waals surface area contributed by atoms with Gasteiger partial charge in [-0.15, -0.1) is 0 Å². The molecular weight excluding hydrogens is 382 g/mol. The summed E-state index contributed by atoms with van der Waals surface area (Å²) in [5.41, 5.74) is 1.33. The molecule has 1 saturated heterocycles. The maximum Gasteiger partial charge on any atom is 0.323 e. The molecule has 156 valence electrons. The van der Waals surface area contributed by atoms with Crippen LogP contribution < -0.4 is 20.3 Å². The Bertz CT molecular complexity index is 934. The highest BCUT2D eigenvalue weighted by atomic mass is 16.5. The van der Waals surface area contributed by atoms with Gasteiger partial charge in [0.05, 0.1) is 31.8 Å². The van der Waals surface area contributed by atoms with Crippen LogP contribution in [0.2, 0.25) is 0 Å². The fraction of sp³-hybridized carbons (Fsp3) is 0.273. The minimum Gasteiger partial charge on any atom is -0.497 e. The number of furan rings is 1. The molecule has 1 aliphatic heterocycles. The number of pyridine rings is 1. The topological polar surface area (TPSA) is 82.9 Å². The Morgan fingerprint density at radius 2 is 1.77 bits per heavy atom. The van der Waals surface area contributed by atoms with Gasteiger partial charge in [0, 0.05) is 31.9 Å². The van der Waals surface area contributed by atoms with Crippen molar-refractivity contribution in [1.29, 1.82) is 0 Å². The summed E-state index contributed by atoms with van der Waals surface area (Å²) < 4.78 is 10.5. The van der Waals surface area contributed by atoms with Gasteiger partial charge in [0.15, 0.2) is 0 Å². The number of carbonyl (C=O) groups excluding carboxylic acids is 1. The molecule has 30 heavy (non-hydrogen) atoms. The maximum atomic E-state index is 12.2. The van der Waals surface area contributed by atoms with E-state index in [-0.39, 0.29) is 6.03 Å². The van der Waals surface area contributed by atoms with Crippen molar-refractivity contribution in [2.24, 2.45) is 0 Å². The predicted octanol–water partition coefficient (Wildman–Crippen LogP) is 3.65. The maximum absolute atomic E-state index is 12.2. The molecule has 0 unspecified atom stereocenters. The highest BCUT2D eigenvalue weighted by Gasteiger charge is 2.18. The van der Waals surface area contributed by atoms with E-state index >= 15 is 0 Å². The van der Waals surface area contributed by atoms with Gasteiger partial charge in [0.25, 0.3) is 0 Å². The summed E-state index contributed by atoms with van der Waals surface area (Å²) in [5, 5.41) is 5.59. The Morgan fingerprint density at radius 3 is 2.40 bits per heavy atom. The highest BCUT2D eigenvalue weighted by Crippen LogP contribution is 2.18. The summed E-state index contributed by atoms with van der Waals surface area (Å²) in [6.45, 7) is 4.54. The summed E-state index contributed by atoms with van der Waals surface area (Å²) in [5.74, 6) is 2.64. The Balaban J connectivity index is 1.26. The molecule has 3 aromatic rings. The number of benzene rings is 1. The first-order chi connectivity index (χ1) is 14.7. The van der Waals surface area contributed by atoms with Crippen molar-refractivity contribution in [3.05, 3.63) is 66.8 Å². The molecule has 1 aromatic carbocycles. The average molecular weight is 407 g/mol. The summed E-state index contributed by atoms with van der Waals surface area (Å²) in [6.07, 6.45) is 3.39. The first kappa shape index (κ1) is 19.8. The van der Waals surface area contributed by atoms with Crippen LogP contribution in [0.25, 0.3) is 0 Å². The number of rotatable bonds is 6. The van der Waals surface area contributed by atoms with Crippen molar-refractivity contribution in [1.82, 2.24) is 9.88 Å². The largest absolute Gasteiger partial charge is 0.497 e. The van der Waals surface area contributed by atoms with E-state index in [1.54, 1.807) is 43.8 Å². The number of ether oxygens (including phenoxy) is 1. The van der Waals surface area contributed by atoms with Crippen LogP contribution in [0.1, 0.15) is 5.76 Å². The predicted molar refractivity (Wildman–Crippen MR) is 116 cm³/mol.